The topological polar surface area (TPSA) is 63.5 Å². The van der Waals surface area contributed by atoms with Crippen molar-refractivity contribution < 1.29 is 4.74 Å². The van der Waals surface area contributed by atoms with E-state index >= 15 is 0 Å². The molecule has 1 heterocycles. The third-order valence-electron chi connectivity index (χ3n) is 4.15. The highest BCUT2D eigenvalue weighted by atomic mass is 16.5. The van der Waals surface area contributed by atoms with Gasteiger partial charge in [0.1, 0.15) is 5.75 Å². The van der Waals surface area contributed by atoms with Gasteiger partial charge in [-0.05, 0) is 38.8 Å². The molecule has 6 heteroatoms. The molecule has 0 amide bonds. The second kappa shape index (κ2) is 9.85. The average molecular weight is 358 g/mol. The van der Waals surface area contributed by atoms with Crippen molar-refractivity contribution in [1.29, 1.82) is 0 Å². The van der Waals surface area contributed by atoms with Gasteiger partial charge in [-0.1, -0.05) is 25.1 Å². The highest BCUT2D eigenvalue weighted by Crippen LogP contribution is 2.17. The lowest BCUT2D eigenvalue weighted by atomic mass is 10.2. The zero-order valence-electron chi connectivity index (χ0n) is 16.5. The second-order valence-corrected chi connectivity index (χ2v) is 6.56. The van der Waals surface area contributed by atoms with Gasteiger partial charge < -0.3 is 15.4 Å². The van der Waals surface area contributed by atoms with Crippen molar-refractivity contribution in [2.75, 3.05) is 20.2 Å². The Morgan fingerprint density at radius 2 is 2.04 bits per heavy atom. The molecule has 0 fully saturated rings. The maximum atomic E-state index is 5.67. The maximum absolute atomic E-state index is 5.67. The molecule has 0 saturated heterocycles. The minimum Gasteiger partial charge on any atom is -0.494 e. The Hall–Kier alpha value is -2.50. The molecular formula is C20H31N5O. The largest absolute Gasteiger partial charge is 0.494 e. The summed E-state index contributed by atoms with van der Waals surface area (Å²) in [5.41, 5.74) is 3.38. The summed E-state index contributed by atoms with van der Waals surface area (Å²) in [4.78, 5) is 4.31. The van der Waals surface area contributed by atoms with Gasteiger partial charge in [0.05, 0.1) is 12.3 Å². The molecule has 1 unspecified atom stereocenters. The minimum atomic E-state index is 0.433. The van der Waals surface area contributed by atoms with Crippen molar-refractivity contribution >= 4 is 5.96 Å². The molecular weight excluding hydrogens is 326 g/mol. The highest BCUT2D eigenvalue weighted by Gasteiger charge is 2.09. The molecule has 0 bridgehead atoms. The van der Waals surface area contributed by atoms with Crippen LogP contribution in [0, 0.1) is 19.8 Å². The first-order valence-corrected chi connectivity index (χ1v) is 9.19. The lowest BCUT2D eigenvalue weighted by Crippen LogP contribution is -2.39. The van der Waals surface area contributed by atoms with E-state index in [1.165, 1.54) is 5.69 Å². The van der Waals surface area contributed by atoms with E-state index in [9.17, 15) is 0 Å². The lowest BCUT2D eigenvalue weighted by Gasteiger charge is -2.17. The molecule has 26 heavy (non-hydrogen) atoms. The van der Waals surface area contributed by atoms with Crippen LogP contribution in [0.4, 0.5) is 0 Å². The number of hydrogen-bond acceptors (Lipinski definition) is 3. The minimum absolute atomic E-state index is 0.433. The number of nitrogens with one attached hydrogen (secondary N) is 2. The summed E-state index contributed by atoms with van der Waals surface area (Å²) in [6.45, 7) is 11.4. The van der Waals surface area contributed by atoms with Gasteiger partial charge in [0, 0.05) is 37.9 Å². The quantitative estimate of drug-likeness (QED) is 0.563. The molecule has 0 aliphatic rings. The van der Waals surface area contributed by atoms with Crippen molar-refractivity contribution in [3.63, 3.8) is 0 Å². The van der Waals surface area contributed by atoms with Crippen molar-refractivity contribution in [1.82, 2.24) is 20.4 Å². The van der Waals surface area contributed by atoms with Gasteiger partial charge in [0.15, 0.2) is 5.96 Å². The summed E-state index contributed by atoms with van der Waals surface area (Å²) in [6.07, 6.45) is 0. The summed E-state index contributed by atoms with van der Waals surface area (Å²) in [5.74, 6) is 2.13. The van der Waals surface area contributed by atoms with Gasteiger partial charge in [-0.15, -0.1) is 0 Å². The van der Waals surface area contributed by atoms with Crippen LogP contribution in [-0.2, 0) is 13.1 Å². The summed E-state index contributed by atoms with van der Waals surface area (Å²) >= 11 is 0. The molecule has 1 aromatic heterocycles. The van der Waals surface area contributed by atoms with Crippen LogP contribution >= 0.6 is 0 Å². The summed E-state index contributed by atoms with van der Waals surface area (Å²) in [5, 5.41) is 11.3. The van der Waals surface area contributed by atoms with Crippen LogP contribution in [0.25, 0.3) is 0 Å². The van der Waals surface area contributed by atoms with Crippen molar-refractivity contribution in [3.05, 3.63) is 47.3 Å². The Bertz CT molecular complexity index is 723. The van der Waals surface area contributed by atoms with Gasteiger partial charge in [-0.2, -0.15) is 5.10 Å². The molecule has 6 nitrogen and oxygen atoms in total. The molecule has 0 aliphatic heterocycles. The zero-order chi connectivity index (χ0) is 18.9. The highest BCUT2D eigenvalue weighted by molar-refractivity contribution is 5.79. The van der Waals surface area contributed by atoms with Gasteiger partial charge in [0.2, 0.25) is 0 Å². The molecule has 0 saturated carbocycles. The van der Waals surface area contributed by atoms with Gasteiger partial charge >= 0.3 is 0 Å². The Morgan fingerprint density at radius 1 is 1.27 bits per heavy atom. The third kappa shape index (κ3) is 5.79. The number of aryl methyl sites for hydroxylation is 2. The lowest BCUT2D eigenvalue weighted by molar-refractivity contribution is 0.336. The van der Waals surface area contributed by atoms with E-state index in [0.29, 0.717) is 19.1 Å². The van der Waals surface area contributed by atoms with E-state index in [2.05, 4.69) is 51.4 Å². The van der Waals surface area contributed by atoms with Crippen LogP contribution in [0.15, 0.2) is 35.3 Å². The number of para-hydroxylation sites is 1. The number of nitrogens with zero attached hydrogens (tertiary/aromatic N) is 3. The first kappa shape index (κ1) is 19.8. The van der Waals surface area contributed by atoms with Crippen LogP contribution in [0.2, 0.25) is 0 Å². The number of guanidine groups is 1. The normalized spacial score (nSPS) is 12.7. The fourth-order valence-electron chi connectivity index (χ4n) is 2.84. The van der Waals surface area contributed by atoms with Gasteiger partial charge in [0.25, 0.3) is 0 Å². The standard InChI is InChI=1S/C20H31N5O/c1-6-26-19-10-8-7-9-18(19)13-23-20(21-5)22-12-15(2)14-25-17(4)11-16(3)24-25/h7-11,15H,6,12-14H2,1-5H3,(H2,21,22,23). The predicted octanol–water partition coefficient (Wildman–Crippen LogP) is 2.90. The molecule has 2 N–H and O–H groups in total. The number of ether oxygens (including phenoxy) is 1. The van der Waals surface area contributed by atoms with Crippen molar-refractivity contribution in [2.24, 2.45) is 10.9 Å². The average Bonchev–Trinajstić information content (AvgIpc) is 2.93. The molecule has 0 radical (unpaired) electrons. The summed E-state index contributed by atoms with van der Waals surface area (Å²) < 4.78 is 7.74. The third-order valence-corrected chi connectivity index (χ3v) is 4.15. The Labute approximate surface area is 156 Å². The second-order valence-electron chi connectivity index (χ2n) is 6.56. The molecule has 0 aliphatic carbocycles. The number of aromatic nitrogens is 2. The first-order chi connectivity index (χ1) is 12.5. The van der Waals surface area contributed by atoms with Gasteiger partial charge in [-0.25, -0.2) is 0 Å². The van der Waals surface area contributed by atoms with E-state index in [1.54, 1.807) is 7.05 Å². The van der Waals surface area contributed by atoms with Crippen LogP contribution in [0.3, 0.4) is 0 Å². The first-order valence-electron chi connectivity index (χ1n) is 9.19. The Kier molecular flexibility index (Phi) is 7.51. The fraction of sp³-hybridized carbons (Fsp3) is 0.500. The van der Waals surface area contributed by atoms with E-state index < -0.39 is 0 Å². The van der Waals surface area contributed by atoms with Crippen LogP contribution in [-0.4, -0.2) is 35.9 Å². The van der Waals surface area contributed by atoms with E-state index in [-0.39, 0.29) is 0 Å². The van der Waals surface area contributed by atoms with Crippen LogP contribution in [0.1, 0.15) is 30.8 Å². The Morgan fingerprint density at radius 3 is 2.69 bits per heavy atom. The maximum Gasteiger partial charge on any atom is 0.191 e. The zero-order valence-corrected chi connectivity index (χ0v) is 16.5. The van der Waals surface area contributed by atoms with Crippen molar-refractivity contribution in [2.45, 2.75) is 40.8 Å². The molecule has 2 rings (SSSR count). The SMILES string of the molecule is CCOc1ccccc1CNC(=NC)NCC(C)Cn1nc(C)cc1C. The molecule has 1 aromatic carbocycles. The number of benzene rings is 1. The monoisotopic (exact) mass is 357 g/mol. The van der Waals surface area contributed by atoms with Crippen LogP contribution < -0.4 is 15.4 Å². The molecule has 2 aromatic rings. The van der Waals surface area contributed by atoms with Gasteiger partial charge in [-0.3, -0.25) is 9.67 Å². The summed E-state index contributed by atoms with van der Waals surface area (Å²) in [6, 6.07) is 10.2. The predicted molar refractivity (Wildman–Crippen MR) is 107 cm³/mol. The molecule has 0 spiro atoms. The number of hydrogen-bond donors (Lipinski definition) is 2. The fourth-order valence-corrected chi connectivity index (χ4v) is 2.84. The van der Waals surface area contributed by atoms with E-state index in [0.717, 1.165) is 36.1 Å². The van der Waals surface area contributed by atoms with E-state index in [1.807, 2.05) is 32.0 Å². The molecule has 142 valence electrons. The number of rotatable bonds is 8. The number of aliphatic imine (C=N–C) groups is 1. The van der Waals surface area contributed by atoms with Crippen molar-refractivity contribution in [3.8, 4) is 5.75 Å². The smallest absolute Gasteiger partial charge is 0.191 e. The van der Waals surface area contributed by atoms with Crippen LogP contribution in [0.5, 0.6) is 5.75 Å². The Balaban J connectivity index is 1.83. The van der Waals surface area contributed by atoms with E-state index in [4.69, 9.17) is 4.74 Å². The molecule has 1 atom stereocenters. The summed E-state index contributed by atoms with van der Waals surface area (Å²) in [7, 11) is 1.79.